The van der Waals surface area contributed by atoms with Gasteiger partial charge in [0.15, 0.2) is 0 Å². The van der Waals surface area contributed by atoms with Gasteiger partial charge in [-0.2, -0.15) is 4.98 Å². The highest BCUT2D eigenvalue weighted by Crippen LogP contribution is 2.18. The number of nitrogens with one attached hydrogen (secondary N) is 1. The van der Waals surface area contributed by atoms with E-state index in [1.165, 1.54) is 0 Å². The predicted octanol–water partition coefficient (Wildman–Crippen LogP) is 1.40. The van der Waals surface area contributed by atoms with Crippen LogP contribution in [0.2, 0.25) is 0 Å². The molecule has 2 heterocycles. The van der Waals surface area contributed by atoms with E-state index in [4.69, 9.17) is 9.26 Å². The lowest BCUT2D eigenvalue weighted by atomic mass is 10.2. The summed E-state index contributed by atoms with van der Waals surface area (Å²) >= 11 is 0. The highest BCUT2D eigenvalue weighted by atomic mass is 16.5. The summed E-state index contributed by atoms with van der Waals surface area (Å²) in [5.41, 5.74) is 0.843. The van der Waals surface area contributed by atoms with Gasteiger partial charge in [0, 0.05) is 18.7 Å². The SMILES string of the molecule is CC(Nc1noc(-c2ccccc2)n1)C(=O)N1CCOCC1. The Bertz CT molecular complexity index is 623. The predicted molar refractivity (Wildman–Crippen MR) is 80.2 cm³/mol. The van der Waals surface area contributed by atoms with Crippen molar-refractivity contribution in [2.24, 2.45) is 0 Å². The number of hydrogen-bond acceptors (Lipinski definition) is 6. The van der Waals surface area contributed by atoms with Crippen molar-refractivity contribution in [3.63, 3.8) is 0 Å². The Morgan fingerprint density at radius 3 is 2.73 bits per heavy atom. The van der Waals surface area contributed by atoms with Gasteiger partial charge in [0.2, 0.25) is 5.91 Å². The van der Waals surface area contributed by atoms with Crippen molar-refractivity contribution in [2.75, 3.05) is 31.6 Å². The van der Waals surface area contributed by atoms with E-state index in [1.54, 1.807) is 11.8 Å². The van der Waals surface area contributed by atoms with Crippen molar-refractivity contribution in [2.45, 2.75) is 13.0 Å². The van der Waals surface area contributed by atoms with Crippen molar-refractivity contribution in [3.05, 3.63) is 30.3 Å². The molecule has 0 spiro atoms. The quantitative estimate of drug-likeness (QED) is 0.919. The van der Waals surface area contributed by atoms with Crippen LogP contribution in [0.3, 0.4) is 0 Å². The zero-order valence-electron chi connectivity index (χ0n) is 12.4. The number of ether oxygens (including phenoxy) is 1. The highest BCUT2D eigenvalue weighted by Gasteiger charge is 2.23. The van der Waals surface area contributed by atoms with Crippen LogP contribution < -0.4 is 5.32 Å². The molecule has 1 aliphatic heterocycles. The first-order valence-electron chi connectivity index (χ1n) is 7.26. The third-order valence-corrected chi connectivity index (χ3v) is 3.49. The first-order chi connectivity index (χ1) is 10.7. The largest absolute Gasteiger partial charge is 0.378 e. The topological polar surface area (TPSA) is 80.5 Å². The Balaban J connectivity index is 1.63. The van der Waals surface area contributed by atoms with Crippen molar-refractivity contribution >= 4 is 11.9 Å². The maximum Gasteiger partial charge on any atom is 0.264 e. The van der Waals surface area contributed by atoms with Gasteiger partial charge in [-0.25, -0.2) is 0 Å². The van der Waals surface area contributed by atoms with Crippen molar-refractivity contribution in [1.82, 2.24) is 15.0 Å². The van der Waals surface area contributed by atoms with Gasteiger partial charge in [-0.15, -0.1) is 0 Å². The normalized spacial score (nSPS) is 16.3. The third kappa shape index (κ3) is 3.25. The number of aromatic nitrogens is 2. The third-order valence-electron chi connectivity index (χ3n) is 3.49. The fraction of sp³-hybridized carbons (Fsp3) is 0.400. The second kappa shape index (κ2) is 6.57. The number of hydrogen-bond donors (Lipinski definition) is 1. The lowest BCUT2D eigenvalue weighted by Gasteiger charge is -2.29. The summed E-state index contributed by atoms with van der Waals surface area (Å²) in [6.45, 7) is 4.19. The molecule has 1 amide bonds. The molecule has 116 valence electrons. The Morgan fingerprint density at radius 1 is 1.27 bits per heavy atom. The van der Waals surface area contributed by atoms with Crippen LogP contribution in [-0.4, -0.2) is 53.3 Å². The maximum absolute atomic E-state index is 12.3. The molecule has 1 N–H and O–H groups in total. The maximum atomic E-state index is 12.3. The van der Waals surface area contributed by atoms with Crippen LogP contribution in [0.1, 0.15) is 6.92 Å². The van der Waals surface area contributed by atoms with Gasteiger partial charge in [0.25, 0.3) is 11.8 Å². The molecule has 0 aliphatic carbocycles. The fourth-order valence-corrected chi connectivity index (χ4v) is 2.29. The Morgan fingerprint density at radius 2 is 2.00 bits per heavy atom. The standard InChI is InChI=1S/C15H18N4O3/c1-11(14(20)19-7-9-21-10-8-19)16-15-17-13(22-18-15)12-5-3-2-4-6-12/h2-6,11H,7-10H2,1H3,(H,16,18). The molecule has 1 atom stereocenters. The van der Waals surface area contributed by atoms with Crippen LogP contribution >= 0.6 is 0 Å². The minimum absolute atomic E-state index is 0.00867. The summed E-state index contributed by atoms with van der Waals surface area (Å²) in [6.07, 6.45) is 0. The van der Waals surface area contributed by atoms with Crippen LogP contribution in [0.4, 0.5) is 5.95 Å². The number of amides is 1. The summed E-state index contributed by atoms with van der Waals surface area (Å²) < 4.78 is 10.5. The van der Waals surface area contributed by atoms with Crippen LogP contribution in [0.25, 0.3) is 11.5 Å². The van der Waals surface area contributed by atoms with E-state index in [2.05, 4.69) is 15.5 Å². The first kappa shape index (κ1) is 14.5. The molecule has 1 saturated heterocycles. The van der Waals surface area contributed by atoms with Crippen LogP contribution in [0, 0.1) is 0 Å². The van der Waals surface area contributed by atoms with Crippen LogP contribution in [-0.2, 0) is 9.53 Å². The highest BCUT2D eigenvalue weighted by molar-refractivity contribution is 5.83. The van der Waals surface area contributed by atoms with Gasteiger partial charge < -0.3 is 19.5 Å². The molecule has 1 aromatic heterocycles. The molecule has 1 aliphatic rings. The second-order valence-corrected chi connectivity index (χ2v) is 5.09. The van der Waals surface area contributed by atoms with E-state index < -0.39 is 6.04 Å². The Kier molecular flexibility index (Phi) is 4.34. The molecule has 7 nitrogen and oxygen atoms in total. The Labute approximate surface area is 128 Å². The first-order valence-corrected chi connectivity index (χ1v) is 7.26. The van der Waals surface area contributed by atoms with Crippen molar-refractivity contribution in [3.8, 4) is 11.5 Å². The number of carbonyl (C=O) groups excluding carboxylic acids is 1. The molecular formula is C15H18N4O3. The average molecular weight is 302 g/mol. The second-order valence-electron chi connectivity index (χ2n) is 5.09. The number of anilines is 1. The van der Waals surface area contributed by atoms with Gasteiger partial charge in [-0.3, -0.25) is 4.79 Å². The number of carbonyl (C=O) groups is 1. The van der Waals surface area contributed by atoms with E-state index in [9.17, 15) is 4.79 Å². The van der Waals surface area contributed by atoms with E-state index >= 15 is 0 Å². The minimum atomic E-state index is -0.417. The molecule has 1 aromatic carbocycles. The zero-order chi connectivity index (χ0) is 15.4. The van der Waals surface area contributed by atoms with Gasteiger partial charge in [0.1, 0.15) is 6.04 Å². The van der Waals surface area contributed by atoms with Gasteiger partial charge in [-0.1, -0.05) is 18.2 Å². The summed E-state index contributed by atoms with van der Waals surface area (Å²) in [5.74, 6) is 0.747. The molecule has 0 bridgehead atoms. The summed E-state index contributed by atoms with van der Waals surface area (Å²) in [4.78, 5) is 18.3. The van der Waals surface area contributed by atoms with Gasteiger partial charge in [0.05, 0.1) is 13.2 Å². The zero-order valence-corrected chi connectivity index (χ0v) is 12.4. The molecule has 0 saturated carbocycles. The molecule has 3 rings (SSSR count). The lowest BCUT2D eigenvalue weighted by Crippen LogP contribution is -2.47. The summed E-state index contributed by atoms with van der Waals surface area (Å²) in [7, 11) is 0. The molecule has 7 heteroatoms. The van der Waals surface area contributed by atoms with E-state index in [1.807, 2.05) is 30.3 Å². The van der Waals surface area contributed by atoms with Crippen LogP contribution in [0.15, 0.2) is 34.9 Å². The molecule has 0 radical (unpaired) electrons. The molecule has 1 fully saturated rings. The smallest absolute Gasteiger partial charge is 0.264 e. The summed E-state index contributed by atoms with van der Waals surface area (Å²) in [5, 5.41) is 6.85. The van der Waals surface area contributed by atoms with E-state index in [0.29, 0.717) is 38.1 Å². The number of morpholine rings is 1. The number of rotatable bonds is 4. The average Bonchev–Trinajstić information content (AvgIpc) is 3.04. The van der Waals surface area contributed by atoms with Gasteiger partial charge >= 0.3 is 0 Å². The number of nitrogens with zero attached hydrogens (tertiary/aromatic N) is 3. The molecule has 2 aromatic rings. The molecule has 22 heavy (non-hydrogen) atoms. The van der Waals surface area contributed by atoms with Gasteiger partial charge in [-0.05, 0) is 24.2 Å². The fourth-order valence-electron chi connectivity index (χ4n) is 2.29. The monoisotopic (exact) mass is 302 g/mol. The van der Waals surface area contributed by atoms with E-state index in [-0.39, 0.29) is 5.91 Å². The van der Waals surface area contributed by atoms with Crippen LogP contribution in [0.5, 0.6) is 0 Å². The minimum Gasteiger partial charge on any atom is -0.378 e. The molecule has 1 unspecified atom stereocenters. The van der Waals surface area contributed by atoms with E-state index in [0.717, 1.165) is 5.56 Å². The number of benzene rings is 1. The molecular weight excluding hydrogens is 284 g/mol. The van der Waals surface area contributed by atoms with Crippen molar-refractivity contribution < 1.29 is 14.1 Å². The van der Waals surface area contributed by atoms with Crippen molar-refractivity contribution in [1.29, 1.82) is 0 Å². The Hall–Kier alpha value is -2.41. The summed E-state index contributed by atoms with van der Waals surface area (Å²) in [6, 6.07) is 9.08. The lowest BCUT2D eigenvalue weighted by molar-refractivity contribution is -0.135.